The van der Waals surface area contributed by atoms with Crippen LogP contribution in [0.2, 0.25) is 0 Å². The van der Waals surface area contributed by atoms with Crippen LogP contribution in [-0.4, -0.2) is 44.9 Å². The van der Waals surface area contributed by atoms with Gasteiger partial charge < -0.3 is 19.1 Å². The zero-order valence-corrected chi connectivity index (χ0v) is 21.9. The minimum atomic E-state index is -3.79. The molecule has 2 aromatic heterocycles. The van der Waals surface area contributed by atoms with Crippen molar-refractivity contribution in [2.45, 2.75) is 45.3 Å². The molecule has 11 nitrogen and oxygen atoms in total. The molecule has 1 fully saturated rings. The standard InChI is InChI=1S/C28H24F2N6O5/c1-2-34(19-9-10-21-22(13-19)41-28(29,30)40-21)23(37)16-35-27(38)26-20(15-32-36(26)24-8-3-4-11-39-24)25(33-35)18-7-5-6-17(12-18)14-31/h5-7,9-10,12-13,15,24H,2-4,8,11,16H2,1H3. The molecule has 0 spiro atoms. The van der Waals surface area contributed by atoms with Crippen LogP contribution in [0.4, 0.5) is 14.5 Å². The fourth-order valence-electron chi connectivity index (χ4n) is 5.10. The van der Waals surface area contributed by atoms with Gasteiger partial charge in [-0.05, 0) is 50.5 Å². The van der Waals surface area contributed by atoms with E-state index in [1.165, 1.54) is 27.8 Å². The van der Waals surface area contributed by atoms with Crippen molar-refractivity contribution >= 4 is 22.5 Å². The van der Waals surface area contributed by atoms with E-state index in [1.54, 1.807) is 37.4 Å². The van der Waals surface area contributed by atoms with E-state index in [2.05, 4.69) is 25.7 Å². The summed E-state index contributed by atoms with van der Waals surface area (Å²) in [5, 5.41) is 18.9. The molecule has 2 aliphatic rings. The SMILES string of the molecule is CCN(C(=O)Cn1nc(-c2cccc(C#N)c2)c2cnn(C3CCCCO3)c2c1=O)c1ccc2c(c1)OC(F)(F)O2. The topological polar surface area (TPSA) is 125 Å². The highest BCUT2D eigenvalue weighted by Crippen LogP contribution is 2.43. The van der Waals surface area contributed by atoms with Gasteiger partial charge in [-0.3, -0.25) is 9.59 Å². The fraction of sp³-hybridized carbons (Fsp3) is 0.321. The molecule has 1 unspecified atom stereocenters. The van der Waals surface area contributed by atoms with Crippen LogP contribution in [0.25, 0.3) is 22.2 Å². The third-order valence-corrected chi connectivity index (χ3v) is 7.00. The molecule has 0 N–H and O–H groups in total. The number of amides is 1. The number of carbonyl (C=O) groups excluding carboxylic acids is 1. The van der Waals surface area contributed by atoms with Crippen LogP contribution in [0.3, 0.4) is 0 Å². The lowest BCUT2D eigenvalue weighted by molar-refractivity contribution is -0.286. The monoisotopic (exact) mass is 562 g/mol. The Labute approximate surface area is 232 Å². The second-order valence-electron chi connectivity index (χ2n) is 9.61. The average molecular weight is 563 g/mol. The summed E-state index contributed by atoms with van der Waals surface area (Å²) in [6.45, 7) is 1.98. The van der Waals surface area contributed by atoms with E-state index in [-0.39, 0.29) is 29.2 Å². The molecule has 4 heterocycles. The van der Waals surface area contributed by atoms with Crippen LogP contribution in [0.1, 0.15) is 38.0 Å². The number of fused-ring (bicyclic) bond motifs is 2. The Hall–Kier alpha value is -4.83. The van der Waals surface area contributed by atoms with Crippen LogP contribution in [-0.2, 0) is 16.1 Å². The van der Waals surface area contributed by atoms with Crippen LogP contribution in [0.5, 0.6) is 11.5 Å². The molecule has 0 radical (unpaired) electrons. The molecule has 0 aliphatic carbocycles. The summed E-state index contributed by atoms with van der Waals surface area (Å²) in [6, 6.07) is 12.9. The Morgan fingerprint density at radius 2 is 2.02 bits per heavy atom. The quantitative estimate of drug-likeness (QED) is 0.342. The molecule has 4 aromatic rings. The number of alkyl halides is 2. The number of anilines is 1. The van der Waals surface area contributed by atoms with Crippen LogP contribution in [0.15, 0.2) is 53.5 Å². The molecule has 210 valence electrons. The number of benzene rings is 2. The lowest BCUT2D eigenvalue weighted by Crippen LogP contribution is -2.38. The maximum absolute atomic E-state index is 13.8. The summed E-state index contributed by atoms with van der Waals surface area (Å²) < 4.78 is 44.5. The number of aromatic nitrogens is 4. The number of rotatable bonds is 6. The van der Waals surface area contributed by atoms with E-state index in [0.29, 0.717) is 35.2 Å². The summed E-state index contributed by atoms with van der Waals surface area (Å²) in [5.41, 5.74) is 1.32. The Bertz CT molecular complexity index is 1760. The predicted molar refractivity (Wildman–Crippen MR) is 141 cm³/mol. The van der Waals surface area contributed by atoms with E-state index in [9.17, 15) is 23.6 Å². The van der Waals surface area contributed by atoms with E-state index in [0.717, 1.165) is 17.5 Å². The van der Waals surface area contributed by atoms with Crippen molar-refractivity contribution in [3.8, 4) is 28.8 Å². The van der Waals surface area contributed by atoms with Crippen molar-refractivity contribution < 1.29 is 27.8 Å². The minimum Gasteiger partial charge on any atom is -0.395 e. The van der Waals surface area contributed by atoms with E-state index in [4.69, 9.17) is 4.74 Å². The first kappa shape index (κ1) is 26.4. The molecule has 1 amide bonds. The second kappa shape index (κ2) is 10.3. The van der Waals surface area contributed by atoms with Crippen LogP contribution in [0, 0.1) is 11.3 Å². The number of carbonyl (C=O) groups is 1. The van der Waals surface area contributed by atoms with Gasteiger partial charge in [-0.15, -0.1) is 8.78 Å². The Morgan fingerprint density at radius 1 is 1.20 bits per heavy atom. The van der Waals surface area contributed by atoms with Gasteiger partial charge in [0.15, 0.2) is 17.7 Å². The Balaban J connectivity index is 1.42. The van der Waals surface area contributed by atoms with Gasteiger partial charge in [-0.2, -0.15) is 15.5 Å². The molecule has 41 heavy (non-hydrogen) atoms. The summed E-state index contributed by atoms with van der Waals surface area (Å²) >= 11 is 0. The summed E-state index contributed by atoms with van der Waals surface area (Å²) in [7, 11) is 0. The number of likely N-dealkylation sites (N-methyl/N-ethyl adjacent to an activating group) is 1. The van der Waals surface area contributed by atoms with Crippen molar-refractivity contribution in [2.75, 3.05) is 18.1 Å². The minimum absolute atomic E-state index is 0.145. The smallest absolute Gasteiger partial charge is 0.395 e. The molecule has 13 heteroatoms. The van der Waals surface area contributed by atoms with Crippen molar-refractivity contribution in [3.63, 3.8) is 0 Å². The molecule has 2 aliphatic heterocycles. The Morgan fingerprint density at radius 3 is 2.78 bits per heavy atom. The average Bonchev–Trinajstić information content (AvgIpc) is 3.55. The summed E-state index contributed by atoms with van der Waals surface area (Å²) in [4.78, 5) is 28.7. The first-order valence-corrected chi connectivity index (χ1v) is 13.1. The third-order valence-electron chi connectivity index (χ3n) is 7.00. The third kappa shape index (κ3) is 4.87. The second-order valence-corrected chi connectivity index (χ2v) is 9.61. The van der Waals surface area contributed by atoms with E-state index >= 15 is 0 Å². The van der Waals surface area contributed by atoms with E-state index in [1.807, 2.05) is 0 Å². The van der Waals surface area contributed by atoms with Gasteiger partial charge in [0.25, 0.3) is 5.56 Å². The van der Waals surface area contributed by atoms with Crippen molar-refractivity contribution in [1.82, 2.24) is 19.6 Å². The fourth-order valence-corrected chi connectivity index (χ4v) is 5.10. The zero-order valence-electron chi connectivity index (χ0n) is 21.9. The van der Waals surface area contributed by atoms with Gasteiger partial charge in [-0.1, -0.05) is 12.1 Å². The largest absolute Gasteiger partial charge is 0.586 e. The molecule has 0 bridgehead atoms. The number of nitriles is 1. The van der Waals surface area contributed by atoms with Crippen LogP contribution >= 0.6 is 0 Å². The molecule has 0 saturated carbocycles. The van der Waals surface area contributed by atoms with Gasteiger partial charge in [0.1, 0.15) is 17.8 Å². The maximum Gasteiger partial charge on any atom is 0.586 e. The normalized spacial score (nSPS) is 17.4. The van der Waals surface area contributed by atoms with Crippen LogP contribution < -0.4 is 19.9 Å². The highest BCUT2D eigenvalue weighted by atomic mass is 19.3. The summed E-state index contributed by atoms with van der Waals surface area (Å²) in [6.07, 6.45) is -0.205. The van der Waals surface area contributed by atoms with Crippen molar-refractivity contribution in [2.24, 2.45) is 0 Å². The lowest BCUT2D eigenvalue weighted by Gasteiger charge is -2.24. The zero-order chi connectivity index (χ0) is 28.7. The molecule has 6 rings (SSSR count). The molecule has 2 aromatic carbocycles. The first-order valence-electron chi connectivity index (χ1n) is 13.1. The maximum atomic E-state index is 13.8. The first-order chi connectivity index (χ1) is 19.8. The molecule has 1 atom stereocenters. The molecule has 1 saturated heterocycles. The predicted octanol–water partition coefficient (Wildman–Crippen LogP) is 4.21. The number of halogens is 2. The van der Waals surface area contributed by atoms with Crippen molar-refractivity contribution in [1.29, 1.82) is 5.26 Å². The molecular weight excluding hydrogens is 538 g/mol. The highest BCUT2D eigenvalue weighted by Gasteiger charge is 2.43. The number of nitrogens with zero attached hydrogens (tertiary/aromatic N) is 6. The lowest BCUT2D eigenvalue weighted by atomic mass is 10.1. The number of ether oxygens (including phenoxy) is 3. The van der Waals surface area contributed by atoms with Crippen molar-refractivity contribution in [3.05, 3.63) is 64.6 Å². The van der Waals surface area contributed by atoms with Gasteiger partial charge in [0.05, 0.1) is 23.2 Å². The van der Waals surface area contributed by atoms with Gasteiger partial charge >= 0.3 is 6.29 Å². The van der Waals surface area contributed by atoms with Gasteiger partial charge in [0.2, 0.25) is 5.91 Å². The number of hydrogen-bond acceptors (Lipinski definition) is 8. The van der Waals surface area contributed by atoms with Gasteiger partial charge in [0, 0.05) is 30.5 Å². The molecular formula is C28H24F2N6O5. The Kier molecular flexibility index (Phi) is 6.63. The highest BCUT2D eigenvalue weighted by molar-refractivity contribution is 5.95. The summed E-state index contributed by atoms with van der Waals surface area (Å²) in [5.74, 6) is -0.858. The number of hydrogen-bond donors (Lipinski definition) is 0. The van der Waals surface area contributed by atoms with Gasteiger partial charge in [-0.25, -0.2) is 9.36 Å². The van der Waals surface area contributed by atoms with E-state index < -0.39 is 30.5 Å².